The van der Waals surface area contributed by atoms with Crippen LogP contribution in [0.4, 0.5) is 5.69 Å². The lowest BCUT2D eigenvalue weighted by Crippen LogP contribution is -2.18. The summed E-state index contributed by atoms with van der Waals surface area (Å²) in [6.07, 6.45) is -0.664. The summed E-state index contributed by atoms with van der Waals surface area (Å²) in [5.74, 6) is 1.22. The molecule has 0 fully saturated rings. The second kappa shape index (κ2) is 11.0. The fourth-order valence-corrected chi connectivity index (χ4v) is 5.11. The average Bonchev–Trinajstić information content (AvgIpc) is 3.04. The number of thioether (sulfide) groups is 1. The molecule has 0 saturated heterocycles. The second-order valence-electron chi connectivity index (χ2n) is 7.97. The Balaban J connectivity index is 1.50. The lowest BCUT2D eigenvalue weighted by atomic mass is 10.1. The minimum atomic E-state index is -0.664. The van der Waals surface area contributed by atoms with E-state index in [-0.39, 0.29) is 0 Å². The molecule has 2 heterocycles. The van der Waals surface area contributed by atoms with E-state index in [1.165, 1.54) is 25.8 Å². The van der Waals surface area contributed by atoms with E-state index in [1.807, 2.05) is 48.5 Å². The minimum absolute atomic E-state index is 0.296. The van der Waals surface area contributed by atoms with E-state index in [0.29, 0.717) is 49.0 Å². The van der Waals surface area contributed by atoms with Crippen LogP contribution in [0.25, 0.3) is 11.3 Å². The molecule has 0 radical (unpaired) electrons. The topological polar surface area (TPSA) is 95.5 Å². The molecule has 1 atom stereocenters. The third-order valence-corrected chi connectivity index (χ3v) is 7.28. The second-order valence-corrected chi connectivity index (χ2v) is 10.2. The number of halogens is 2. The first-order chi connectivity index (χ1) is 17.9. The van der Waals surface area contributed by atoms with Gasteiger partial charge in [-0.05, 0) is 35.9 Å². The van der Waals surface area contributed by atoms with E-state index in [1.54, 1.807) is 12.1 Å². The Morgan fingerprint density at radius 3 is 2.68 bits per heavy atom. The maximum atomic E-state index is 11.5. The lowest BCUT2D eigenvalue weighted by Gasteiger charge is -2.22. The molecule has 37 heavy (non-hydrogen) atoms. The highest BCUT2D eigenvalue weighted by Crippen LogP contribution is 2.43. The Kier molecular flexibility index (Phi) is 7.50. The Morgan fingerprint density at radius 1 is 1.14 bits per heavy atom. The van der Waals surface area contributed by atoms with Crippen molar-refractivity contribution < 1.29 is 19.0 Å². The predicted molar refractivity (Wildman–Crippen MR) is 145 cm³/mol. The number of carbonyl (C=O) groups excluding carboxylic acids is 1. The fraction of sp³-hybridized carbons (Fsp3) is 0.154. The maximum absolute atomic E-state index is 11.5. The summed E-state index contributed by atoms with van der Waals surface area (Å²) in [5, 5.41) is 13.4. The largest absolute Gasteiger partial charge is 0.493 e. The molecule has 5 rings (SSSR count). The van der Waals surface area contributed by atoms with Gasteiger partial charge in [-0.1, -0.05) is 69.6 Å². The molecule has 0 aliphatic carbocycles. The number of para-hydroxylation sites is 1. The fourth-order valence-electron chi connectivity index (χ4n) is 3.72. The van der Waals surface area contributed by atoms with Gasteiger partial charge in [0.15, 0.2) is 23.4 Å². The Morgan fingerprint density at radius 2 is 1.92 bits per heavy atom. The van der Waals surface area contributed by atoms with E-state index < -0.39 is 12.2 Å². The van der Waals surface area contributed by atoms with Gasteiger partial charge in [-0.25, -0.2) is 0 Å². The third kappa shape index (κ3) is 5.66. The van der Waals surface area contributed by atoms with Crippen LogP contribution < -0.4 is 19.5 Å². The summed E-state index contributed by atoms with van der Waals surface area (Å²) in [7, 11) is 1.51. The normalized spacial score (nSPS) is 13.9. The Bertz CT molecular complexity index is 1470. The Labute approximate surface area is 230 Å². The van der Waals surface area contributed by atoms with Gasteiger partial charge in [-0.15, -0.1) is 10.2 Å². The molecule has 3 aromatic carbocycles. The molecular formula is C26H20BrClN4O4S. The highest BCUT2D eigenvalue weighted by molar-refractivity contribution is 9.10. The van der Waals surface area contributed by atoms with E-state index in [9.17, 15) is 4.79 Å². The van der Waals surface area contributed by atoms with E-state index in [2.05, 4.69) is 31.4 Å². The number of benzene rings is 3. The predicted octanol–water partition coefficient (Wildman–Crippen LogP) is 6.68. The van der Waals surface area contributed by atoms with E-state index in [0.717, 1.165) is 16.8 Å². The number of nitrogens with one attached hydrogen (secondary N) is 1. The van der Waals surface area contributed by atoms with Gasteiger partial charge in [-0.2, -0.15) is 4.98 Å². The molecule has 0 unspecified atom stereocenters. The van der Waals surface area contributed by atoms with Crippen LogP contribution in [0, 0.1) is 0 Å². The first-order valence-corrected chi connectivity index (χ1v) is 13.3. The maximum Gasteiger partial charge on any atom is 0.308 e. The van der Waals surface area contributed by atoms with E-state index >= 15 is 0 Å². The van der Waals surface area contributed by atoms with Crippen molar-refractivity contribution in [2.75, 3.05) is 12.4 Å². The highest BCUT2D eigenvalue weighted by Gasteiger charge is 2.28. The summed E-state index contributed by atoms with van der Waals surface area (Å²) in [6.45, 7) is 1.33. The number of fused-ring (bicyclic) bond motifs is 3. The van der Waals surface area contributed by atoms with Gasteiger partial charge >= 0.3 is 5.97 Å². The van der Waals surface area contributed by atoms with Crippen molar-refractivity contribution >= 4 is 50.9 Å². The van der Waals surface area contributed by atoms with Crippen LogP contribution in [0.15, 0.2) is 70.3 Å². The number of aromatic nitrogens is 3. The molecule has 0 spiro atoms. The zero-order valence-electron chi connectivity index (χ0n) is 19.7. The molecule has 8 nitrogen and oxygen atoms in total. The number of hydrogen-bond donors (Lipinski definition) is 1. The van der Waals surface area contributed by atoms with Crippen molar-refractivity contribution in [3.05, 3.63) is 81.3 Å². The molecule has 0 amide bonds. The molecule has 0 bridgehead atoms. The van der Waals surface area contributed by atoms with Gasteiger partial charge in [0.1, 0.15) is 0 Å². The highest BCUT2D eigenvalue weighted by atomic mass is 79.9. The molecular weight excluding hydrogens is 580 g/mol. The number of anilines is 1. The molecule has 188 valence electrons. The Hall–Kier alpha value is -3.34. The standard InChI is InChI=1S/C26H20BrClN4O4S/c1-14(33)35-22-12-19(27)18(11-21(22)34-2)24-29-20-6-4-3-5-17(20)23-25(36-24)30-26(32-31-23)37-13-15-7-9-16(28)10-8-15/h3-12,24,29H,13H2,1-2H3/t24-/m1/s1. The molecule has 0 saturated carbocycles. The van der Waals surface area contributed by atoms with Crippen LogP contribution in [0.3, 0.4) is 0 Å². The number of ether oxygens (including phenoxy) is 3. The zero-order valence-corrected chi connectivity index (χ0v) is 22.9. The van der Waals surface area contributed by atoms with Crippen LogP contribution in [-0.2, 0) is 10.5 Å². The first-order valence-electron chi connectivity index (χ1n) is 11.1. The van der Waals surface area contributed by atoms with Gasteiger partial charge < -0.3 is 19.5 Å². The van der Waals surface area contributed by atoms with Crippen LogP contribution in [0.2, 0.25) is 5.02 Å². The van der Waals surface area contributed by atoms with Crippen LogP contribution in [0.5, 0.6) is 17.4 Å². The monoisotopic (exact) mass is 598 g/mol. The minimum Gasteiger partial charge on any atom is -0.493 e. The number of hydrogen-bond acceptors (Lipinski definition) is 9. The lowest BCUT2D eigenvalue weighted by molar-refractivity contribution is -0.132. The third-order valence-electron chi connectivity index (χ3n) is 5.43. The van der Waals surface area contributed by atoms with Gasteiger partial charge in [0.05, 0.1) is 7.11 Å². The van der Waals surface area contributed by atoms with Crippen molar-refractivity contribution in [3.8, 4) is 28.6 Å². The zero-order chi connectivity index (χ0) is 25.9. The van der Waals surface area contributed by atoms with Crippen molar-refractivity contribution in [2.45, 2.75) is 24.1 Å². The average molecular weight is 600 g/mol. The van der Waals surface area contributed by atoms with Gasteiger partial charge in [0.25, 0.3) is 0 Å². The SMILES string of the molecule is COc1cc([C@@H]2Nc3ccccc3-c3nnc(SCc4ccc(Cl)cc4)nc3O2)c(Br)cc1OC(C)=O. The number of rotatable bonds is 6. The van der Waals surface area contributed by atoms with Crippen LogP contribution in [0.1, 0.15) is 24.3 Å². The van der Waals surface area contributed by atoms with Crippen LogP contribution in [-0.4, -0.2) is 28.3 Å². The molecule has 1 N–H and O–H groups in total. The molecule has 1 aliphatic heterocycles. The van der Waals surface area contributed by atoms with Crippen molar-refractivity contribution in [1.82, 2.24) is 15.2 Å². The first kappa shape index (κ1) is 25.3. The van der Waals surface area contributed by atoms with E-state index in [4.69, 9.17) is 30.8 Å². The number of esters is 1. The summed E-state index contributed by atoms with van der Waals surface area (Å²) in [6, 6.07) is 18.8. The summed E-state index contributed by atoms with van der Waals surface area (Å²) < 4.78 is 17.8. The quantitative estimate of drug-likeness (QED) is 0.148. The molecule has 11 heteroatoms. The van der Waals surface area contributed by atoms with Crippen molar-refractivity contribution in [3.63, 3.8) is 0 Å². The van der Waals surface area contributed by atoms with Crippen LogP contribution >= 0.6 is 39.3 Å². The summed E-state index contributed by atoms with van der Waals surface area (Å²) in [5.41, 5.74) is 3.95. The smallest absolute Gasteiger partial charge is 0.308 e. The molecule has 1 aromatic heterocycles. The summed E-state index contributed by atoms with van der Waals surface area (Å²) >= 11 is 11.0. The molecule has 1 aliphatic rings. The summed E-state index contributed by atoms with van der Waals surface area (Å²) in [4.78, 5) is 16.2. The van der Waals surface area contributed by atoms with Gasteiger partial charge in [-0.3, -0.25) is 4.79 Å². The number of nitrogens with zero attached hydrogens (tertiary/aromatic N) is 3. The van der Waals surface area contributed by atoms with Crippen molar-refractivity contribution in [2.24, 2.45) is 0 Å². The number of carbonyl (C=O) groups is 1. The van der Waals surface area contributed by atoms with Gasteiger partial charge in [0, 0.05) is 39.0 Å². The molecule has 4 aromatic rings. The number of methoxy groups -OCH3 is 1. The van der Waals surface area contributed by atoms with Gasteiger partial charge in [0.2, 0.25) is 11.0 Å². The van der Waals surface area contributed by atoms with Crippen molar-refractivity contribution in [1.29, 1.82) is 0 Å².